The molecular weight excluding hydrogens is 729 g/mol. The van der Waals surface area contributed by atoms with Gasteiger partial charge in [-0.25, -0.2) is 0 Å². The average Bonchev–Trinajstić information content (AvgIpc) is 3.78. The first-order valence-corrected chi connectivity index (χ1v) is 20.6. The summed E-state index contributed by atoms with van der Waals surface area (Å²) < 4.78 is 4.96. The van der Waals surface area contributed by atoms with Crippen molar-refractivity contribution in [1.82, 2.24) is 8.80 Å². The van der Waals surface area contributed by atoms with Crippen molar-refractivity contribution in [3.05, 3.63) is 210 Å². The molecule has 0 atom stereocenters. The van der Waals surface area contributed by atoms with Gasteiger partial charge in [0, 0.05) is 55.1 Å². The molecule has 0 saturated heterocycles. The second kappa shape index (κ2) is 13.1. The topological polar surface area (TPSA) is 15.3 Å². The molecule has 4 heterocycles. The van der Waals surface area contributed by atoms with Gasteiger partial charge in [-0.05, 0) is 115 Å². The van der Waals surface area contributed by atoms with E-state index < -0.39 is 0 Å². The summed E-state index contributed by atoms with van der Waals surface area (Å²) in [6, 6.07) is 70.7. The number of hydrogen-bond acceptors (Lipinski definition) is 2. The predicted octanol–water partition coefficient (Wildman–Crippen LogP) is 14.6. The monoisotopic (exact) mass is 768 g/mol. The Hall–Kier alpha value is -7.82. The molecule has 0 fully saturated rings. The van der Waals surface area contributed by atoms with Crippen LogP contribution < -0.4 is 15.0 Å². The fourth-order valence-electron chi connectivity index (χ4n) is 9.78. The molecule has 284 valence electrons. The van der Waals surface area contributed by atoms with E-state index in [1.54, 1.807) is 0 Å². The molecule has 0 amide bonds. The minimum Gasteiger partial charge on any atom is -0.310 e. The molecule has 0 N–H and O–H groups in total. The molecule has 0 aliphatic rings. The van der Waals surface area contributed by atoms with E-state index in [1.807, 2.05) is 0 Å². The molecule has 4 heteroatoms. The van der Waals surface area contributed by atoms with E-state index in [0.29, 0.717) is 0 Å². The maximum absolute atomic E-state index is 4.76. The third kappa shape index (κ3) is 4.98. The van der Waals surface area contributed by atoms with Crippen LogP contribution in [-0.4, -0.2) is 8.80 Å². The Balaban J connectivity index is 1.21. The number of aryl methyl sites for hydroxylation is 2. The van der Waals surface area contributed by atoms with Crippen LogP contribution in [-0.2, 0) is 0 Å². The lowest BCUT2D eigenvalue weighted by Gasteiger charge is -2.29. The van der Waals surface area contributed by atoms with Crippen molar-refractivity contribution in [3.63, 3.8) is 0 Å². The van der Waals surface area contributed by atoms with Gasteiger partial charge in [-0.1, -0.05) is 116 Å². The van der Waals surface area contributed by atoms with Gasteiger partial charge in [0.15, 0.2) is 0 Å². The van der Waals surface area contributed by atoms with Crippen LogP contribution in [0, 0.1) is 13.8 Å². The summed E-state index contributed by atoms with van der Waals surface area (Å²) in [5.41, 5.74) is 16.2. The summed E-state index contributed by atoms with van der Waals surface area (Å²) in [4.78, 5) is 4.81. The standard InChI is InChI=1S/C56H40N4/c1-36-16-14-22-41(32-36)57(39-18-6-4-7-19-39)50-31-29-43-47-35-52-46(34-53(47)60-48-26-12-10-24-44(48)54(50)56(43)60)38(3)28-30-51(55-45-25-11-13-27-49(45)59(52)55)58(40-20-8-5-9-21-40)42-23-15-17-37(2)33-42/h4-35H,3H2,1-2H3. The van der Waals surface area contributed by atoms with Crippen LogP contribution in [0.15, 0.2) is 194 Å². The van der Waals surface area contributed by atoms with Crippen LogP contribution in [0.25, 0.3) is 72.0 Å². The van der Waals surface area contributed by atoms with E-state index in [-0.39, 0.29) is 0 Å². The zero-order valence-electron chi connectivity index (χ0n) is 33.5. The fourth-order valence-corrected chi connectivity index (χ4v) is 9.78. The van der Waals surface area contributed by atoms with Crippen LogP contribution in [0.5, 0.6) is 0 Å². The molecule has 0 aliphatic carbocycles. The first kappa shape index (κ1) is 34.2. The Kier molecular flexibility index (Phi) is 7.48. The zero-order valence-corrected chi connectivity index (χ0v) is 33.5. The van der Waals surface area contributed by atoms with E-state index in [2.05, 4.69) is 227 Å². The minimum absolute atomic E-state index is 0.963. The molecule has 0 radical (unpaired) electrons. The summed E-state index contributed by atoms with van der Waals surface area (Å²) in [7, 11) is 0. The molecule has 12 aromatic rings. The van der Waals surface area contributed by atoms with Gasteiger partial charge in [-0.2, -0.15) is 0 Å². The van der Waals surface area contributed by atoms with E-state index in [1.165, 1.54) is 65.6 Å². The summed E-state index contributed by atoms with van der Waals surface area (Å²) >= 11 is 0. The third-order valence-corrected chi connectivity index (χ3v) is 12.4. The Morgan fingerprint density at radius 2 is 0.850 bits per heavy atom. The highest BCUT2D eigenvalue weighted by Crippen LogP contribution is 2.48. The van der Waals surface area contributed by atoms with Crippen molar-refractivity contribution in [2.75, 3.05) is 9.80 Å². The summed E-state index contributed by atoms with van der Waals surface area (Å²) in [5.74, 6) is 0. The number of aromatic nitrogens is 2. The summed E-state index contributed by atoms with van der Waals surface area (Å²) in [6.07, 6.45) is 0. The Bertz CT molecular complexity index is 3710. The second-order valence-corrected chi connectivity index (χ2v) is 16.1. The Morgan fingerprint density at radius 1 is 0.350 bits per heavy atom. The first-order chi connectivity index (χ1) is 29.5. The highest BCUT2D eigenvalue weighted by molar-refractivity contribution is 6.28. The molecule has 12 rings (SSSR count). The maximum atomic E-state index is 4.76. The van der Waals surface area contributed by atoms with E-state index in [9.17, 15) is 0 Å². The quantitative estimate of drug-likeness (QED) is 0.167. The number of para-hydroxylation sites is 4. The van der Waals surface area contributed by atoms with E-state index >= 15 is 0 Å². The first-order valence-electron chi connectivity index (χ1n) is 20.6. The van der Waals surface area contributed by atoms with Gasteiger partial charge >= 0.3 is 0 Å². The van der Waals surface area contributed by atoms with E-state index in [0.717, 1.165) is 50.2 Å². The Labute approximate surface area is 347 Å². The van der Waals surface area contributed by atoms with Gasteiger partial charge in [0.25, 0.3) is 0 Å². The number of benzene rings is 8. The third-order valence-electron chi connectivity index (χ3n) is 12.4. The van der Waals surface area contributed by atoms with Crippen molar-refractivity contribution in [2.24, 2.45) is 0 Å². The molecule has 0 saturated carbocycles. The molecular formula is C56H40N4. The zero-order chi connectivity index (χ0) is 40.1. The van der Waals surface area contributed by atoms with Gasteiger partial charge in [-0.15, -0.1) is 0 Å². The van der Waals surface area contributed by atoms with Crippen LogP contribution in [0.1, 0.15) is 11.1 Å². The molecule has 4 nitrogen and oxygen atoms in total. The number of nitrogens with zero attached hydrogens (tertiary/aromatic N) is 4. The molecule has 8 aromatic carbocycles. The van der Waals surface area contributed by atoms with Crippen molar-refractivity contribution in [1.29, 1.82) is 0 Å². The number of hydrogen-bond donors (Lipinski definition) is 0. The lowest BCUT2D eigenvalue weighted by Crippen LogP contribution is -2.14. The fraction of sp³-hybridized carbons (Fsp3) is 0.0357. The predicted molar refractivity (Wildman–Crippen MR) is 255 cm³/mol. The molecule has 0 spiro atoms. The largest absolute Gasteiger partial charge is 0.310 e. The van der Waals surface area contributed by atoms with Gasteiger partial charge in [-0.3, -0.25) is 0 Å². The lowest BCUT2D eigenvalue weighted by atomic mass is 10.0. The van der Waals surface area contributed by atoms with E-state index in [4.69, 9.17) is 6.58 Å². The normalized spacial score (nSPS) is 11.9. The van der Waals surface area contributed by atoms with Crippen molar-refractivity contribution in [2.45, 2.75) is 13.8 Å². The van der Waals surface area contributed by atoms with Crippen LogP contribution >= 0.6 is 0 Å². The van der Waals surface area contributed by atoms with Gasteiger partial charge in [0.2, 0.25) is 0 Å². The van der Waals surface area contributed by atoms with Gasteiger partial charge in [0.1, 0.15) is 0 Å². The number of anilines is 6. The number of fused-ring (bicyclic) bond motifs is 12. The summed E-state index contributed by atoms with van der Waals surface area (Å²) in [6.45, 7) is 9.09. The van der Waals surface area contributed by atoms with Crippen molar-refractivity contribution in [3.8, 4) is 0 Å². The highest BCUT2D eigenvalue weighted by atomic mass is 15.2. The molecule has 60 heavy (non-hydrogen) atoms. The minimum atomic E-state index is 0.963. The second-order valence-electron chi connectivity index (χ2n) is 16.1. The molecule has 4 aromatic heterocycles. The van der Waals surface area contributed by atoms with Crippen LogP contribution in [0.4, 0.5) is 34.1 Å². The SMILES string of the molecule is C=c1ccc(N(c2ccccc2)c2cccc(C)c2)c2c3ccccc3n2c2cc3c4ccc(N(c5ccccc5)c5cccc(C)c5)c5c6ccccc6n(c3cc12)c45. The highest BCUT2D eigenvalue weighted by Gasteiger charge is 2.26. The van der Waals surface area contributed by atoms with Crippen molar-refractivity contribution >= 4 is 106 Å². The molecule has 0 unspecified atom stereocenters. The van der Waals surface area contributed by atoms with Crippen LogP contribution in [0.3, 0.4) is 0 Å². The van der Waals surface area contributed by atoms with Gasteiger partial charge in [0.05, 0.1) is 44.5 Å². The molecule has 0 aliphatic heterocycles. The lowest BCUT2D eigenvalue weighted by molar-refractivity contribution is 1.23. The number of rotatable bonds is 6. The molecule has 0 bridgehead atoms. The summed E-state index contributed by atoms with van der Waals surface area (Å²) in [5, 5.41) is 8.23. The average molecular weight is 769 g/mol. The smallest absolute Gasteiger partial charge is 0.0797 e. The van der Waals surface area contributed by atoms with Crippen LogP contribution in [0.2, 0.25) is 0 Å². The maximum Gasteiger partial charge on any atom is 0.0797 e. The Morgan fingerprint density at radius 3 is 1.50 bits per heavy atom. The van der Waals surface area contributed by atoms with Crippen molar-refractivity contribution < 1.29 is 0 Å². The van der Waals surface area contributed by atoms with Gasteiger partial charge < -0.3 is 18.6 Å².